The van der Waals surface area contributed by atoms with E-state index >= 15 is 0 Å². The molecule has 6 nitrogen and oxygen atoms in total. The third-order valence-electron chi connectivity index (χ3n) is 4.33. The van der Waals surface area contributed by atoms with Gasteiger partial charge in [0, 0.05) is 30.9 Å². The molecule has 3 heterocycles. The van der Waals surface area contributed by atoms with Gasteiger partial charge >= 0.3 is 0 Å². The minimum absolute atomic E-state index is 0.449. The normalized spacial score (nSPS) is 16.0. The van der Waals surface area contributed by atoms with Crippen molar-refractivity contribution in [3.05, 3.63) is 42.4 Å². The van der Waals surface area contributed by atoms with Crippen LogP contribution in [0.15, 0.2) is 36.7 Å². The quantitative estimate of drug-likeness (QED) is 0.778. The molecule has 0 aliphatic carbocycles. The van der Waals surface area contributed by atoms with Gasteiger partial charge in [0.2, 0.25) is 5.95 Å². The number of fused-ring (bicyclic) bond motifs is 1. The van der Waals surface area contributed by atoms with E-state index in [1.54, 1.807) is 6.33 Å². The molecule has 2 N–H and O–H groups in total. The largest absolute Gasteiger partial charge is 0.367 e. The van der Waals surface area contributed by atoms with Gasteiger partial charge in [0.15, 0.2) is 0 Å². The number of hydrogen-bond donors (Lipinski definition) is 2. The lowest BCUT2D eigenvalue weighted by Gasteiger charge is -2.32. The number of hydrogen-bond acceptors (Lipinski definition) is 5. The second-order valence-electron chi connectivity index (χ2n) is 6.03. The van der Waals surface area contributed by atoms with Gasteiger partial charge in [-0.05, 0) is 31.9 Å². The molecule has 1 aromatic carbocycles. The number of anilines is 2. The lowest BCUT2D eigenvalue weighted by atomic mass is 10.1. The minimum atomic E-state index is 0.449. The second-order valence-corrected chi connectivity index (χ2v) is 6.03. The van der Waals surface area contributed by atoms with E-state index in [1.807, 2.05) is 31.2 Å². The first-order valence-corrected chi connectivity index (χ1v) is 8.03. The maximum Gasteiger partial charge on any atom is 0.203 e. The first-order chi connectivity index (χ1) is 11.3. The highest BCUT2D eigenvalue weighted by atomic mass is 15.3. The van der Waals surface area contributed by atoms with Crippen LogP contribution >= 0.6 is 0 Å². The van der Waals surface area contributed by atoms with E-state index in [0.717, 1.165) is 54.4 Å². The fraction of sp³-hybridized carbons (Fsp3) is 0.353. The predicted octanol–water partition coefficient (Wildman–Crippen LogP) is 2.74. The maximum absolute atomic E-state index is 4.69. The molecule has 0 atom stereocenters. The van der Waals surface area contributed by atoms with Crippen molar-refractivity contribution in [3.8, 4) is 0 Å². The van der Waals surface area contributed by atoms with Gasteiger partial charge in [-0.25, -0.2) is 15.0 Å². The monoisotopic (exact) mass is 308 g/mol. The molecule has 23 heavy (non-hydrogen) atoms. The zero-order valence-electron chi connectivity index (χ0n) is 13.2. The number of rotatable bonds is 3. The van der Waals surface area contributed by atoms with E-state index < -0.39 is 0 Å². The number of aromatic nitrogens is 4. The van der Waals surface area contributed by atoms with E-state index in [2.05, 4.69) is 36.2 Å². The highest BCUT2D eigenvalue weighted by Gasteiger charge is 2.21. The third-order valence-corrected chi connectivity index (χ3v) is 4.33. The lowest BCUT2D eigenvalue weighted by molar-refractivity contribution is 0.520. The zero-order chi connectivity index (χ0) is 15.6. The molecule has 0 spiro atoms. The van der Waals surface area contributed by atoms with E-state index in [-0.39, 0.29) is 0 Å². The topological polar surface area (TPSA) is 69.7 Å². The Morgan fingerprint density at radius 1 is 1.17 bits per heavy atom. The number of imidazole rings is 1. The van der Waals surface area contributed by atoms with Crippen LogP contribution in [0.1, 0.15) is 18.5 Å². The molecular formula is C17H20N6. The molecule has 1 aliphatic heterocycles. The smallest absolute Gasteiger partial charge is 0.203 e. The SMILES string of the molecule is Cc1cc(NC2CCN(c3nc4ccccc4[nH]3)CC2)ncn1. The van der Waals surface area contributed by atoms with Crippen molar-refractivity contribution in [2.45, 2.75) is 25.8 Å². The summed E-state index contributed by atoms with van der Waals surface area (Å²) in [5.41, 5.74) is 3.11. The van der Waals surface area contributed by atoms with E-state index in [1.165, 1.54) is 0 Å². The molecule has 6 heteroatoms. The van der Waals surface area contributed by atoms with Crippen LogP contribution in [-0.4, -0.2) is 39.1 Å². The fourth-order valence-corrected chi connectivity index (χ4v) is 3.07. The first kappa shape index (κ1) is 14.0. The molecule has 3 aromatic rings. The molecular weight excluding hydrogens is 288 g/mol. The van der Waals surface area contributed by atoms with E-state index in [0.29, 0.717) is 6.04 Å². The lowest BCUT2D eigenvalue weighted by Crippen LogP contribution is -2.39. The second kappa shape index (κ2) is 5.87. The molecule has 4 rings (SSSR count). The summed E-state index contributed by atoms with van der Waals surface area (Å²) in [5, 5.41) is 3.51. The minimum Gasteiger partial charge on any atom is -0.367 e. The Hall–Kier alpha value is -2.63. The van der Waals surface area contributed by atoms with E-state index in [9.17, 15) is 0 Å². The first-order valence-electron chi connectivity index (χ1n) is 8.03. The van der Waals surface area contributed by atoms with E-state index in [4.69, 9.17) is 0 Å². The van der Waals surface area contributed by atoms with Gasteiger partial charge in [0.25, 0.3) is 0 Å². The number of para-hydroxylation sites is 2. The molecule has 2 aromatic heterocycles. The molecule has 1 saturated heterocycles. The zero-order valence-corrected chi connectivity index (χ0v) is 13.2. The Balaban J connectivity index is 1.40. The Labute approximate surface area is 135 Å². The Kier molecular flexibility index (Phi) is 3.57. The average molecular weight is 308 g/mol. The summed E-state index contributed by atoms with van der Waals surface area (Å²) in [6.45, 7) is 3.96. The molecule has 1 fully saturated rings. The summed E-state index contributed by atoms with van der Waals surface area (Å²) < 4.78 is 0. The van der Waals surface area contributed by atoms with Crippen LogP contribution in [0.4, 0.5) is 11.8 Å². The number of aryl methyl sites for hydroxylation is 1. The summed E-state index contributed by atoms with van der Waals surface area (Å²) >= 11 is 0. The van der Waals surface area contributed by atoms with Crippen LogP contribution in [0.5, 0.6) is 0 Å². The molecule has 118 valence electrons. The number of nitrogens with one attached hydrogen (secondary N) is 2. The Morgan fingerprint density at radius 3 is 2.78 bits per heavy atom. The summed E-state index contributed by atoms with van der Waals surface area (Å²) in [4.78, 5) is 18.8. The molecule has 0 unspecified atom stereocenters. The van der Waals surface area contributed by atoms with Crippen LogP contribution in [0.3, 0.4) is 0 Å². The van der Waals surface area contributed by atoms with Gasteiger partial charge in [0.1, 0.15) is 12.1 Å². The summed E-state index contributed by atoms with van der Waals surface area (Å²) in [7, 11) is 0. The summed E-state index contributed by atoms with van der Waals surface area (Å²) in [6, 6.07) is 10.6. The van der Waals surface area contributed by atoms with Crippen molar-refractivity contribution >= 4 is 22.8 Å². The van der Waals surface area contributed by atoms with Gasteiger partial charge in [-0.15, -0.1) is 0 Å². The van der Waals surface area contributed by atoms with Crippen LogP contribution in [0.25, 0.3) is 11.0 Å². The van der Waals surface area contributed by atoms with Crippen LogP contribution < -0.4 is 10.2 Å². The predicted molar refractivity (Wildman–Crippen MR) is 91.7 cm³/mol. The molecule has 1 aliphatic rings. The number of H-pyrrole nitrogens is 1. The van der Waals surface area contributed by atoms with Crippen molar-refractivity contribution in [2.24, 2.45) is 0 Å². The van der Waals surface area contributed by atoms with Gasteiger partial charge in [-0.3, -0.25) is 0 Å². The number of benzene rings is 1. The molecule has 0 saturated carbocycles. The Bertz CT molecular complexity index is 770. The van der Waals surface area contributed by atoms with Crippen molar-refractivity contribution in [3.63, 3.8) is 0 Å². The van der Waals surface area contributed by atoms with Gasteiger partial charge in [-0.1, -0.05) is 12.1 Å². The standard InChI is InChI=1S/C17H20N6/c1-12-10-16(19-11-18-12)20-13-6-8-23(9-7-13)17-21-14-4-2-3-5-15(14)22-17/h2-5,10-11,13H,6-9H2,1H3,(H,21,22)(H,18,19,20). The number of aromatic amines is 1. The van der Waals surface area contributed by atoms with Crippen LogP contribution in [0.2, 0.25) is 0 Å². The van der Waals surface area contributed by atoms with Crippen molar-refractivity contribution in [1.29, 1.82) is 0 Å². The maximum atomic E-state index is 4.69. The van der Waals surface area contributed by atoms with Crippen LogP contribution in [-0.2, 0) is 0 Å². The summed E-state index contributed by atoms with van der Waals surface area (Å²) in [5.74, 6) is 1.89. The molecule has 0 radical (unpaired) electrons. The average Bonchev–Trinajstić information content (AvgIpc) is 2.99. The highest BCUT2D eigenvalue weighted by Crippen LogP contribution is 2.22. The van der Waals surface area contributed by atoms with Gasteiger partial charge in [0.05, 0.1) is 11.0 Å². The summed E-state index contributed by atoms with van der Waals surface area (Å²) in [6.07, 6.45) is 3.75. The van der Waals surface area contributed by atoms with Gasteiger partial charge < -0.3 is 15.2 Å². The Morgan fingerprint density at radius 2 is 2.00 bits per heavy atom. The van der Waals surface area contributed by atoms with Crippen LogP contribution in [0, 0.1) is 6.92 Å². The number of nitrogens with zero attached hydrogens (tertiary/aromatic N) is 4. The van der Waals surface area contributed by atoms with Crippen molar-refractivity contribution < 1.29 is 0 Å². The third kappa shape index (κ3) is 2.97. The molecule has 0 amide bonds. The highest BCUT2D eigenvalue weighted by molar-refractivity contribution is 5.77. The fourth-order valence-electron chi connectivity index (χ4n) is 3.07. The van der Waals surface area contributed by atoms with Crippen molar-refractivity contribution in [2.75, 3.05) is 23.3 Å². The molecule has 0 bridgehead atoms. The van der Waals surface area contributed by atoms with Crippen molar-refractivity contribution in [1.82, 2.24) is 19.9 Å². The van der Waals surface area contributed by atoms with Gasteiger partial charge in [-0.2, -0.15) is 0 Å². The number of piperidine rings is 1.